The van der Waals surface area contributed by atoms with Crippen molar-refractivity contribution in [2.24, 2.45) is 5.92 Å². The number of thioether (sulfide) groups is 1. The van der Waals surface area contributed by atoms with Gasteiger partial charge in [-0.15, -0.1) is 11.8 Å². The average molecular weight is 159 g/mol. The Balaban J connectivity index is 2.54. The number of nitrogens with one attached hydrogen (secondary N) is 1. The van der Waals surface area contributed by atoms with Crippen molar-refractivity contribution < 1.29 is 0 Å². The molecule has 1 heterocycles. The van der Waals surface area contributed by atoms with Gasteiger partial charge < -0.3 is 5.32 Å². The molecule has 60 valence electrons. The van der Waals surface area contributed by atoms with Gasteiger partial charge in [0, 0.05) is 11.8 Å². The van der Waals surface area contributed by atoms with Crippen LogP contribution in [0.1, 0.15) is 27.7 Å². The van der Waals surface area contributed by atoms with E-state index in [9.17, 15) is 0 Å². The zero-order chi connectivity index (χ0) is 7.78. The number of rotatable bonds is 1. The van der Waals surface area contributed by atoms with Crippen molar-refractivity contribution in [2.45, 2.75) is 37.8 Å². The highest BCUT2D eigenvalue weighted by atomic mass is 32.2. The second-order valence-electron chi connectivity index (χ2n) is 3.57. The molecule has 1 aliphatic rings. The molecule has 1 N–H and O–H groups in total. The van der Waals surface area contributed by atoms with Gasteiger partial charge in [0.15, 0.2) is 0 Å². The lowest BCUT2D eigenvalue weighted by Gasteiger charge is -2.28. The maximum absolute atomic E-state index is 3.55. The Hall–Kier alpha value is 0.310. The van der Waals surface area contributed by atoms with Crippen molar-refractivity contribution >= 4 is 11.8 Å². The lowest BCUT2D eigenvalue weighted by Crippen LogP contribution is -2.38. The molecule has 2 unspecified atom stereocenters. The maximum Gasteiger partial charge on any atom is 0.0643 e. The van der Waals surface area contributed by atoms with Gasteiger partial charge in [0.25, 0.3) is 0 Å². The van der Waals surface area contributed by atoms with E-state index < -0.39 is 0 Å². The molecule has 0 aromatic carbocycles. The van der Waals surface area contributed by atoms with E-state index in [1.807, 2.05) is 0 Å². The predicted molar refractivity (Wildman–Crippen MR) is 48.3 cm³/mol. The maximum atomic E-state index is 3.55. The summed E-state index contributed by atoms with van der Waals surface area (Å²) in [5, 5.41) is 4.33. The second-order valence-corrected chi connectivity index (χ2v) is 5.46. The van der Waals surface area contributed by atoms with Crippen molar-refractivity contribution in [1.82, 2.24) is 5.32 Å². The molecule has 0 saturated carbocycles. The van der Waals surface area contributed by atoms with Gasteiger partial charge in [0.2, 0.25) is 0 Å². The van der Waals surface area contributed by atoms with Gasteiger partial charge in [-0.1, -0.05) is 20.8 Å². The quantitative estimate of drug-likeness (QED) is 0.628. The Labute approximate surface area is 68.0 Å². The van der Waals surface area contributed by atoms with Gasteiger partial charge in [0.05, 0.1) is 4.87 Å². The first-order valence-electron chi connectivity index (χ1n) is 3.97. The summed E-state index contributed by atoms with van der Waals surface area (Å²) >= 11 is 2.06. The number of hydrogen-bond donors (Lipinski definition) is 1. The Morgan fingerprint density at radius 3 is 2.40 bits per heavy atom. The lowest BCUT2D eigenvalue weighted by molar-refractivity contribution is 0.408. The Bertz CT molecular complexity index is 124. The monoisotopic (exact) mass is 159 g/mol. The van der Waals surface area contributed by atoms with Crippen LogP contribution in [0.25, 0.3) is 0 Å². The summed E-state index contributed by atoms with van der Waals surface area (Å²) in [6.07, 6.45) is 0. The van der Waals surface area contributed by atoms with Crippen LogP contribution in [-0.4, -0.2) is 16.7 Å². The molecule has 1 rings (SSSR count). The third-order valence-corrected chi connectivity index (χ3v) is 3.96. The molecule has 1 saturated heterocycles. The van der Waals surface area contributed by atoms with Crippen LogP contribution in [-0.2, 0) is 0 Å². The van der Waals surface area contributed by atoms with Crippen molar-refractivity contribution in [3.63, 3.8) is 0 Å². The fourth-order valence-corrected chi connectivity index (χ4v) is 2.63. The average Bonchev–Trinajstić information content (AvgIpc) is 2.13. The van der Waals surface area contributed by atoms with Crippen LogP contribution in [0.15, 0.2) is 0 Å². The molecule has 0 aromatic heterocycles. The summed E-state index contributed by atoms with van der Waals surface area (Å²) in [7, 11) is 0. The van der Waals surface area contributed by atoms with E-state index >= 15 is 0 Å². The minimum absolute atomic E-state index is 0.333. The summed E-state index contributed by atoms with van der Waals surface area (Å²) < 4.78 is 0. The lowest BCUT2D eigenvalue weighted by atomic mass is 10.1. The fourth-order valence-electron chi connectivity index (χ4n) is 1.19. The zero-order valence-corrected chi connectivity index (χ0v) is 8.09. The normalized spacial score (nSPS) is 41.1. The molecule has 0 amide bonds. The molecule has 1 aliphatic heterocycles. The van der Waals surface area contributed by atoms with E-state index in [1.54, 1.807) is 0 Å². The molecular weight excluding hydrogens is 142 g/mol. The first-order chi connectivity index (χ1) is 4.54. The molecule has 1 nitrogen and oxygen atoms in total. The molecule has 0 aliphatic carbocycles. The standard InChI is InChI=1S/C8H17NS/c1-6(2)8(4)9-5-7(3)10-8/h6-7,9H,5H2,1-4H3. The highest BCUT2D eigenvalue weighted by Crippen LogP contribution is 2.37. The first kappa shape index (κ1) is 8.41. The first-order valence-corrected chi connectivity index (χ1v) is 4.85. The summed E-state index contributed by atoms with van der Waals surface area (Å²) in [5.41, 5.74) is 0. The molecule has 2 atom stereocenters. The Morgan fingerprint density at radius 1 is 1.60 bits per heavy atom. The van der Waals surface area contributed by atoms with Crippen LogP contribution in [0, 0.1) is 5.92 Å². The molecule has 0 aromatic rings. The van der Waals surface area contributed by atoms with Crippen LogP contribution in [0.4, 0.5) is 0 Å². The van der Waals surface area contributed by atoms with Gasteiger partial charge in [-0.05, 0) is 12.8 Å². The van der Waals surface area contributed by atoms with Crippen LogP contribution in [0.3, 0.4) is 0 Å². The van der Waals surface area contributed by atoms with Crippen LogP contribution >= 0.6 is 11.8 Å². The summed E-state index contributed by atoms with van der Waals surface area (Å²) in [6.45, 7) is 10.3. The fraction of sp³-hybridized carbons (Fsp3) is 1.00. The van der Waals surface area contributed by atoms with E-state index in [4.69, 9.17) is 0 Å². The molecule has 0 bridgehead atoms. The van der Waals surface area contributed by atoms with Gasteiger partial charge in [-0.25, -0.2) is 0 Å². The largest absolute Gasteiger partial charge is 0.302 e. The van der Waals surface area contributed by atoms with Gasteiger partial charge in [-0.2, -0.15) is 0 Å². The SMILES string of the molecule is CC1CNC(C)(C(C)C)S1. The Kier molecular flexibility index (Phi) is 2.31. The minimum atomic E-state index is 0.333. The molecule has 1 fully saturated rings. The highest BCUT2D eigenvalue weighted by Gasteiger charge is 2.35. The summed E-state index contributed by atoms with van der Waals surface area (Å²) in [5.74, 6) is 0.724. The molecular formula is C8H17NS. The molecule has 0 spiro atoms. The zero-order valence-electron chi connectivity index (χ0n) is 7.27. The van der Waals surface area contributed by atoms with Gasteiger partial charge in [-0.3, -0.25) is 0 Å². The van der Waals surface area contributed by atoms with Crippen molar-refractivity contribution in [3.05, 3.63) is 0 Å². The van der Waals surface area contributed by atoms with Crippen LogP contribution in [0.5, 0.6) is 0 Å². The third-order valence-electron chi connectivity index (χ3n) is 2.29. The van der Waals surface area contributed by atoms with E-state index in [0.29, 0.717) is 4.87 Å². The second kappa shape index (κ2) is 2.74. The third kappa shape index (κ3) is 1.48. The number of hydrogen-bond acceptors (Lipinski definition) is 2. The topological polar surface area (TPSA) is 12.0 Å². The highest BCUT2D eigenvalue weighted by molar-refractivity contribution is 8.01. The molecule has 10 heavy (non-hydrogen) atoms. The summed E-state index contributed by atoms with van der Waals surface area (Å²) in [6, 6.07) is 0. The summed E-state index contributed by atoms with van der Waals surface area (Å²) in [4.78, 5) is 0.333. The van der Waals surface area contributed by atoms with E-state index in [1.165, 1.54) is 6.54 Å². The van der Waals surface area contributed by atoms with Crippen LogP contribution < -0.4 is 5.32 Å². The van der Waals surface area contributed by atoms with E-state index in [0.717, 1.165) is 11.2 Å². The molecule has 2 heteroatoms. The predicted octanol–water partition coefficient (Wildman–Crippen LogP) is 2.08. The molecule has 0 radical (unpaired) electrons. The Morgan fingerprint density at radius 2 is 2.20 bits per heavy atom. The smallest absolute Gasteiger partial charge is 0.0643 e. The van der Waals surface area contributed by atoms with Crippen molar-refractivity contribution in [3.8, 4) is 0 Å². The van der Waals surface area contributed by atoms with E-state index in [-0.39, 0.29) is 0 Å². The van der Waals surface area contributed by atoms with Crippen LogP contribution in [0.2, 0.25) is 0 Å². The van der Waals surface area contributed by atoms with Crippen molar-refractivity contribution in [1.29, 1.82) is 0 Å². The van der Waals surface area contributed by atoms with Gasteiger partial charge >= 0.3 is 0 Å². The van der Waals surface area contributed by atoms with Gasteiger partial charge in [0.1, 0.15) is 0 Å². The van der Waals surface area contributed by atoms with Crippen molar-refractivity contribution in [2.75, 3.05) is 6.54 Å². The van der Waals surface area contributed by atoms with E-state index in [2.05, 4.69) is 44.8 Å². The minimum Gasteiger partial charge on any atom is -0.302 e.